The number of hydrogen-bond donors (Lipinski definition) is 4. The molecule has 0 radical (unpaired) electrons. The van der Waals surface area contributed by atoms with E-state index in [1.807, 2.05) is 0 Å². The summed E-state index contributed by atoms with van der Waals surface area (Å²) in [5, 5.41) is 25.1. The molecule has 3 rings (SSSR count). The fraction of sp³-hybridized carbons (Fsp3) is 0.200. The van der Waals surface area contributed by atoms with Gasteiger partial charge >= 0.3 is 0 Å². The first kappa shape index (κ1) is 9.21. The molecule has 0 saturated carbocycles. The predicted octanol–water partition coefficient (Wildman–Crippen LogP) is -2.25. The van der Waals surface area contributed by atoms with Gasteiger partial charge in [-0.3, -0.25) is 16.3 Å². The smallest absolute Gasteiger partial charge is 0.264 e. The zero-order valence-electron chi connectivity index (χ0n) is 7.63. The quantitative estimate of drug-likeness (QED) is 0.382. The topological polar surface area (TPSA) is 137 Å². The van der Waals surface area contributed by atoms with Gasteiger partial charge in [0, 0.05) is 7.11 Å². The molecule has 0 saturated heterocycles. The van der Waals surface area contributed by atoms with Crippen LogP contribution in [0.1, 0.15) is 0 Å². The lowest BCUT2D eigenvalue weighted by Gasteiger charge is -1.95. The van der Waals surface area contributed by atoms with Crippen LogP contribution in [-0.4, -0.2) is 42.0 Å². The molecule has 0 unspecified atom stereocenters. The molecule has 0 aliphatic carbocycles. The van der Waals surface area contributed by atoms with Crippen LogP contribution in [0.4, 0.5) is 11.9 Å². The molecule has 0 spiro atoms. The molecule has 78 valence electrons. The van der Waals surface area contributed by atoms with Crippen LogP contribution in [-0.2, 0) is 0 Å². The van der Waals surface area contributed by atoms with Crippen molar-refractivity contribution >= 4 is 17.7 Å². The highest BCUT2D eigenvalue weighted by atomic mass is 16.2. The van der Waals surface area contributed by atoms with Crippen molar-refractivity contribution in [3.63, 3.8) is 0 Å². The first-order chi connectivity index (χ1) is 7.34. The molecule has 15 heavy (non-hydrogen) atoms. The number of hydrogen-bond acceptors (Lipinski definition) is 9. The average Bonchev–Trinajstić information content (AvgIpc) is 2.66. The van der Waals surface area contributed by atoms with Crippen LogP contribution in [0.5, 0.6) is 0 Å². The van der Waals surface area contributed by atoms with E-state index in [1.165, 1.54) is 4.40 Å². The molecular formula is C5H7N9O. The Morgan fingerprint density at radius 2 is 1.87 bits per heavy atom. The number of rotatable bonds is 0. The number of aliphatic hydroxyl groups is 1. The third kappa shape index (κ3) is 1.32. The van der Waals surface area contributed by atoms with Gasteiger partial charge in [-0.15, -0.1) is 0 Å². The number of aromatic nitrogens is 6. The van der Waals surface area contributed by atoms with Gasteiger partial charge in [0.05, 0.1) is 0 Å². The average molecular weight is 209 g/mol. The minimum atomic E-state index is -0.113. The molecule has 3 heterocycles. The molecule has 0 fully saturated rings. The summed E-state index contributed by atoms with van der Waals surface area (Å²) in [6, 6.07) is 0. The Kier molecular flexibility index (Phi) is 2.10. The molecule has 4 N–H and O–H groups in total. The largest absolute Gasteiger partial charge is 0.400 e. The van der Waals surface area contributed by atoms with Crippen LogP contribution in [0.2, 0.25) is 0 Å². The Bertz CT molecular complexity index is 548. The van der Waals surface area contributed by atoms with E-state index >= 15 is 0 Å². The number of anilines is 2. The van der Waals surface area contributed by atoms with Crippen molar-refractivity contribution in [2.75, 3.05) is 18.0 Å². The van der Waals surface area contributed by atoms with Crippen LogP contribution < -0.4 is 16.5 Å². The molecule has 10 nitrogen and oxygen atoms in total. The van der Waals surface area contributed by atoms with Crippen LogP contribution in [0.3, 0.4) is 0 Å². The Morgan fingerprint density at radius 1 is 1.13 bits per heavy atom. The zero-order chi connectivity index (χ0) is 10.8. The van der Waals surface area contributed by atoms with Gasteiger partial charge in [-0.2, -0.15) is 9.97 Å². The second-order valence-corrected chi connectivity index (χ2v) is 2.37. The molecule has 0 bridgehead atoms. The highest BCUT2D eigenvalue weighted by Gasteiger charge is 2.15. The van der Waals surface area contributed by atoms with E-state index in [1.54, 1.807) is 0 Å². The standard InChI is InChI=1S/C4H3N9.CH4O/c5-1-6-2-8-9-4-11-12-10-3(7-1)13(2)4;1-2/h(H3,5,6,7,8,9,10,11);2H,1H3. The monoisotopic (exact) mass is 209 g/mol. The van der Waals surface area contributed by atoms with Crippen molar-refractivity contribution in [1.29, 1.82) is 5.41 Å². The molecule has 1 aliphatic rings. The molecule has 0 amide bonds. The maximum atomic E-state index is 7.25. The summed E-state index contributed by atoms with van der Waals surface area (Å²) < 4.78 is 1.53. The minimum Gasteiger partial charge on any atom is -0.400 e. The van der Waals surface area contributed by atoms with Crippen molar-refractivity contribution in [2.45, 2.75) is 0 Å². The van der Waals surface area contributed by atoms with E-state index in [-0.39, 0.29) is 11.4 Å². The van der Waals surface area contributed by atoms with Crippen molar-refractivity contribution in [2.24, 2.45) is 0 Å². The maximum absolute atomic E-state index is 7.25. The van der Waals surface area contributed by atoms with Gasteiger partial charge in [0.2, 0.25) is 11.6 Å². The van der Waals surface area contributed by atoms with Gasteiger partial charge in [0.1, 0.15) is 0 Å². The van der Waals surface area contributed by atoms with Crippen LogP contribution in [0.15, 0.2) is 0 Å². The summed E-state index contributed by atoms with van der Waals surface area (Å²) in [6.07, 6.45) is 0. The highest BCUT2D eigenvalue weighted by molar-refractivity contribution is 5.53. The van der Waals surface area contributed by atoms with E-state index in [4.69, 9.17) is 10.5 Å². The second kappa shape index (κ2) is 3.42. The van der Waals surface area contributed by atoms with Gasteiger partial charge in [-0.25, -0.2) is 4.40 Å². The highest BCUT2D eigenvalue weighted by Crippen LogP contribution is 2.13. The zero-order valence-corrected chi connectivity index (χ0v) is 7.63. The molecule has 0 aromatic carbocycles. The number of nitrogens with zero attached hydrogens (tertiary/aromatic N) is 6. The van der Waals surface area contributed by atoms with Crippen molar-refractivity contribution in [3.05, 3.63) is 5.62 Å². The summed E-state index contributed by atoms with van der Waals surface area (Å²) in [5.41, 5.74) is 5.31. The summed E-state index contributed by atoms with van der Waals surface area (Å²) in [6.45, 7) is 0. The molecule has 10 heteroatoms. The van der Waals surface area contributed by atoms with E-state index in [9.17, 15) is 0 Å². The van der Waals surface area contributed by atoms with Gasteiger partial charge in [0.15, 0.2) is 0 Å². The molecule has 1 aliphatic heterocycles. The van der Waals surface area contributed by atoms with E-state index in [0.717, 1.165) is 7.11 Å². The SMILES string of the molecule is CO.N=c1nc2n3c(nnnc3n1)NN2. The normalized spacial score (nSPS) is 11.3. The van der Waals surface area contributed by atoms with E-state index < -0.39 is 0 Å². The molecule has 0 atom stereocenters. The molecule has 2 aromatic heterocycles. The summed E-state index contributed by atoms with van der Waals surface area (Å²) in [7, 11) is 1.00. The van der Waals surface area contributed by atoms with E-state index in [0.29, 0.717) is 11.9 Å². The predicted molar refractivity (Wildman–Crippen MR) is 47.6 cm³/mol. The summed E-state index contributed by atoms with van der Waals surface area (Å²) in [4.78, 5) is 7.57. The Hall–Kier alpha value is -2.36. The molecule has 2 aromatic rings. The lowest BCUT2D eigenvalue weighted by atomic mass is 10.8. The fourth-order valence-electron chi connectivity index (χ4n) is 1.10. The number of hydrazine groups is 1. The minimum absolute atomic E-state index is 0.113. The van der Waals surface area contributed by atoms with Crippen molar-refractivity contribution in [1.82, 2.24) is 29.8 Å². The van der Waals surface area contributed by atoms with Gasteiger partial charge in [-0.05, 0) is 5.21 Å². The third-order valence-electron chi connectivity index (χ3n) is 1.60. The van der Waals surface area contributed by atoms with Crippen molar-refractivity contribution < 1.29 is 5.11 Å². The third-order valence-corrected chi connectivity index (χ3v) is 1.60. The second-order valence-electron chi connectivity index (χ2n) is 2.37. The Morgan fingerprint density at radius 3 is 2.67 bits per heavy atom. The Balaban J connectivity index is 0.000000404. The van der Waals surface area contributed by atoms with E-state index in [2.05, 4.69) is 36.2 Å². The fourth-order valence-corrected chi connectivity index (χ4v) is 1.10. The summed E-state index contributed by atoms with van der Waals surface area (Å²) in [5.74, 6) is 1.19. The van der Waals surface area contributed by atoms with Crippen molar-refractivity contribution in [3.8, 4) is 0 Å². The number of aliphatic hydroxyl groups excluding tert-OH is 1. The van der Waals surface area contributed by atoms with Crippen LogP contribution >= 0.6 is 0 Å². The first-order valence-electron chi connectivity index (χ1n) is 3.86. The van der Waals surface area contributed by atoms with Crippen LogP contribution in [0.25, 0.3) is 5.78 Å². The lowest BCUT2D eigenvalue weighted by Crippen LogP contribution is -2.16. The first-order valence-corrected chi connectivity index (χ1v) is 3.86. The van der Waals surface area contributed by atoms with Gasteiger partial charge < -0.3 is 5.11 Å². The number of nitrogens with one attached hydrogen (secondary N) is 3. The summed E-state index contributed by atoms with van der Waals surface area (Å²) >= 11 is 0. The Labute approximate surface area is 82.5 Å². The van der Waals surface area contributed by atoms with Crippen LogP contribution in [0, 0.1) is 5.41 Å². The van der Waals surface area contributed by atoms with Gasteiger partial charge in [-0.1, -0.05) is 10.2 Å². The lowest BCUT2D eigenvalue weighted by molar-refractivity contribution is 0.399. The van der Waals surface area contributed by atoms with Gasteiger partial charge in [0.25, 0.3) is 11.7 Å². The molecular weight excluding hydrogens is 202 g/mol. The maximum Gasteiger partial charge on any atom is 0.264 e.